The van der Waals surface area contributed by atoms with Gasteiger partial charge in [0, 0.05) is 5.56 Å². The Morgan fingerprint density at radius 3 is 2.52 bits per heavy atom. The van der Waals surface area contributed by atoms with E-state index in [4.69, 9.17) is 0 Å². The van der Waals surface area contributed by atoms with Gasteiger partial charge in [-0.3, -0.25) is 0 Å². The third kappa shape index (κ3) is 1.26. The van der Waals surface area contributed by atoms with E-state index in [9.17, 15) is 5.11 Å². The molecule has 0 atom stereocenters. The molecule has 1 N–H and O–H groups in total. The molecule has 21 heavy (non-hydrogen) atoms. The van der Waals surface area contributed by atoms with E-state index in [1.807, 2.05) is 24.3 Å². The Morgan fingerprint density at radius 1 is 0.810 bits per heavy atom. The first-order chi connectivity index (χ1) is 10.3. The highest BCUT2D eigenvalue weighted by atomic mass is 16.3. The summed E-state index contributed by atoms with van der Waals surface area (Å²) in [6.45, 7) is 0. The van der Waals surface area contributed by atoms with Gasteiger partial charge in [-0.15, -0.1) is 5.10 Å². The summed E-state index contributed by atoms with van der Waals surface area (Å²) >= 11 is 0. The fourth-order valence-corrected chi connectivity index (χ4v) is 3.27. The van der Waals surface area contributed by atoms with Gasteiger partial charge in [-0.1, -0.05) is 47.6 Å². The van der Waals surface area contributed by atoms with Crippen molar-refractivity contribution in [1.29, 1.82) is 0 Å². The lowest BCUT2D eigenvalue weighted by atomic mass is 10.0. The maximum Gasteiger partial charge on any atom is 0.333 e. The van der Waals surface area contributed by atoms with Crippen molar-refractivity contribution in [3.63, 3.8) is 0 Å². The highest BCUT2D eigenvalue weighted by molar-refractivity contribution is 6.22. The molecule has 3 aromatic carbocycles. The zero-order valence-corrected chi connectivity index (χ0v) is 10.9. The second-order valence-electron chi connectivity index (χ2n) is 5.18. The van der Waals surface area contributed by atoms with E-state index in [2.05, 4.69) is 39.4 Å². The van der Waals surface area contributed by atoms with Crippen LogP contribution in [0.1, 0.15) is 0 Å². The zero-order chi connectivity index (χ0) is 14.0. The second kappa shape index (κ2) is 3.55. The van der Waals surface area contributed by atoms with Gasteiger partial charge in [-0.2, -0.15) is 4.98 Å². The summed E-state index contributed by atoms with van der Waals surface area (Å²) in [6.07, 6.45) is 0. The Balaban J connectivity index is 2.11. The van der Waals surface area contributed by atoms with Gasteiger partial charge in [0.05, 0.1) is 5.52 Å². The van der Waals surface area contributed by atoms with E-state index in [0.717, 1.165) is 22.0 Å². The molecule has 0 amide bonds. The summed E-state index contributed by atoms with van der Waals surface area (Å²) < 4.78 is 0. The van der Waals surface area contributed by atoms with Crippen LogP contribution in [0.15, 0.2) is 48.5 Å². The molecule has 5 rings (SSSR count). The second-order valence-corrected chi connectivity index (χ2v) is 5.18. The molecular formula is C17H9N3O. The van der Waals surface area contributed by atoms with Crippen LogP contribution in [-0.4, -0.2) is 20.3 Å². The predicted octanol–water partition coefficient (Wildman–Crippen LogP) is 3.53. The summed E-state index contributed by atoms with van der Waals surface area (Å²) in [5, 5.41) is 19.7. The normalized spacial score (nSPS) is 12.0. The topological polar surface area (TPSA) is 58.9 Å². The molecule has 98 valence electrons. The Kier molecular flexibility index (Phi) is 1.81. The van der Waals surface area contributed by atoms with Crippen LogP contribution < -0.4 is 0 Å². The molecule has 4 aromatic rings. The van der Waals surface area contributed by atoms with E-state index >= 15 is 0 Å². The number of nitrogens with zero attached hydrogens (tertiary/aromatic N) is 3. The van der Waals surface area contributed by atoms with Gasteiger partial charge in [0.1, 0.15) is 5.52 Å². The van der Waals surface area contributed by atoms with Crippen LogP contribution in [-0.2, 0) is 0 Å². The molecular weight excluding hydrogens is 262 g/mol. The van der Waals surface area contributed by atoms with Crippen molar-refractivity contribution in [3.8, 4) is 28.3 Å². The number of benzene rings is 3. The molecule has 0 aliphatic heterocycles. The third-order valence-electron chi connectivity index (χ3n) is 4.06. The van der Waals surface area contributed by atoms with Gasteiger partial charge < -0.3 is 5.11 Å². The number of hydrogen-bond acceptors (Lipinski definition) is 4. The van der Waals surface area contributed by atoms with Gasteiger partial charge in [0.15, 0.2) is 0 Å². The Labute approximate surface area is 119 Å². The van der Waals surface area contributed by atoms with Crippen LogP contribution >= 0.6 is 0 Å². The average molecular weight is 271 g/mol. The van der Waals surface area contributed by atoms with Gasteiger partial charge in [-0.25, -0.2) is 0 Å². The molecule has 0 saturated heterocycles. The van der Waals surface area contributed by atoms with E-state index in [1.54, 1.807) is 0 Å². The fraction of sp³-hybridized carbons (Fsp3) is 0. The molecule has 0 radical (unpaired) electrons. The number of aromatic hydroxyl groups is 1. The molecule has 0 unspecified atom stereocenters. The number of rotatable bonds is 0. The lowest BCUT2D eigenvalue weighted by molar-refractivity contribution is 0.425. The maximum atomic E-state index is 9.49. The molecule has 1 heterocycles. The van der Waals surface area contributed by atoms with Crippen molar-refractivity contribution in [1.82, 2.24) is 15.2 Å². The largest absolute Gasteiger partial charge is 0.478 e. The average Bonchev–Trinajstić information content (AvgIpc) is 2.84. The summed E-state index contributed by atoms with van der Waals surface area (Å²) in [6, 6.07) is 16.2. The van der Waals surface area contributed by atoms with Gasteiger partial charge >= 0.3 is 6.01 Å². The third-order valence-corrected chi connectivity index (χ3v) is 4.06. The molecule has 0 saturated carbocycles. The Bertz CT molecular complexity index is 1060. The summed E-state index contributed by atoms with van der Waals surface area (Å²) in [5.41, 5.74) is 6.04. The molecule has 1 aliphatic carbocycles. The number of hydrogen-bond donors (Lipinski definition) is 1. The van der Waals surface area contributed by atoms with Crippen LogP contribution in [0.25, 0.3) is 44.1 Å². The van der Waals surface area contributed by atoms with Crippen LogP contribution in [0, 0.1) is 0 Å². The van der Waals surface area contributed by atoms with Gasteiger partial charge in [0.2, 0.25) is 0 Å². The lowest BCUT2D eigenvalue weighted by Gasteiger charge is -2.05. The quantitative estimate of drug-likeness (QED) is 0.438. The zero-order valence-electron chi connectivity index (χ0n) is 10.9. The van der Waals surface area contributed by atoms with Crippen molar-refractivity contribution in [2.24, 2.45) is 0 Å². The highest BCUT2D eigenvalue weighted by Crippen LogP contribution is 2.49. The van der Waals surface area contributed by atoms with Crippen molar-refractivity contribution in [2.45, 2.75) is 0 Å². The first-order valence-corrected chi connectivity index (χ1v) is 6.72. The Morgan fingerprint density at radius 2 is 1.62 bits per heavy atom. The van der Waals surface area contributed by atoms with E-state index in [0.29, 0.717) is 5.52 Å². The van der Waals surface area contributed by atoms with Crippen molar-refractivity contribution >= 4 is 21.8 Å². The maximum absolute atomic E-state index is 9.49. The predicted molar refractivity (Wildman–Crippen MR) is 80.9 cm³/mol. The SMILES string of the molecule is Oc1nnc2c3c4c(cccc4cc2n1)-c1ccccc1-3. The summed E-state index contributed by atoms with van der Waals surface area (Å²) in [7, 11) is 0. The van der Waals surface area contributed by atoms with Crippen LogP contribution in [0.5, 0.6) is 6.01 Å². The van der Waals surface area contributed by atoms with Crippen LogP contribution in [0.4, 0.5) is 0 Å². The van der Waals surface area contributed by atoms with Crippen LogP contribution in [0.3, 0.4) is 0 Å². The van der Waals surface area contributed by atoms with Crippen LogP contribution in [0.2, 0.25) is 0 Å². The molecule has 0 fully saturated rings. The monoisotopic (exact) mass is 271 g/mol. The Hall–Kier alpha value is -3.01. The molecule has 1 aromatic heterocycles. The van der Waals surface area contributed by atoms with Crippen molar-refractivity contribution in [2.75, 3.05) is 0 Å². The fourth-order valence-electron chi connectivity index (χ4n) is 3.27. The van der Waals surface area contributed by atoms with Gasteiger partial charge in [-0.05, 0) is 33.5 Å². The van der Waals surface area contributed by atoms with Crippen molar-refractivity contribution < 1.29 is 5.11 Å². The number of fused-ring (bicyclic) bond motifs is 5. The van der Waals surface area contributed by atoms with Crippen molar-refractivity contribution in [3.05, 3.63) is 48.5 Å². The first-order valence-electron chi connectivity index (χ1n) is 6.72. The molecule has 4 nitrogen and oxygen atoms in total. The molecule has 0 bridgehead atoms. The summed E-state index contributed by atoms with van der Waals surface area (Å²) in [4.78, 5) is 4.11. The summed E-state index contributed by atoms with van der Waals surface area (Å²) in [5.74, 6) is 0. The minimum absolute atomic E-state index is 0.295. The van der Waals surface area contributed by atoms with E-state index < -0.39 is 0 Å². The first kappa shape index (κ1) is 10.7. The number of aromatic nitrogens is 3. The van der Waals surface area contributed by atoms with Gasteiger partial charge in [0.25, 0.3) is 0 Å². The highest BCUT2D eigenvalue weighted by Gasteiger charge is 2.24. The van der Waals surface area contributed by atoms with E-state index in [-0.39, 0.29) is 6.01 Å². The minimum atomic E-state index is -0.295. The standard InChI is InChI=1S/C17H9N3O/c21-17-18-13-8-9-4-3-7-11-10-5-1-2-6-12(10)15(14(9)11)16(13)19-20-17/h1-8H,(H,18,20,21). The smallest absolute Gasteiger partial charge is 0.333 e. The minimum Gasteiger partial charge on any atom is -0.478 e. The molecule has 1 aliphatic rings. The van der Waals surface area contributed by atoms with E-state index in [1.165, 1.54) is 16.5 Å². The lowest BCUT2D eigenvalue weighted by Crippen LogP contribution is -1.91. The molecule has 0 spiro atoms. The molecule has 4 heteroatoms.